The number of nitrogens with zero attached hydrogens (tertiary/aromatic N) is 3. The van der Waals surface area contributed by atoms with Crippen LogP contribution in [0.2, 0.25) is 5.02 Å². The Morgan fingerprint density at radius 1 is 1.38 bits per heavy atom. The summed E-state index contributed by atoms with van der Waals surface area (Å²) in [4.78, 5) is 9.43. The highest BCUT2D eigenvalue weighted by Gasteiger charge is 2.29. The molecule has 5 nitrogen and oxygen atoms in total. The lowest BCUT2D eigenvalue weighted by Crippen LogP contribution is -2.44. The second kappa shape index (κ2) is 6.92. The van der Waals surface area contributed by atoms with E-state index >= 15 is 0 Å². The quantitative estimate of drug-likeness (QED) is 0.909. The Morgan fingerprint density at radius 3 is 2.95 bits per heavy atom. The zero-order valence-electron chi connectivity index (χ0n) is 12.5. The fourth-order valence-electron chi connectivity index (χ4n) is 3.16. The highest BCUT2D eigenvalue weighted by molar-refractivity contribution is 6.31. The van der Waals surface area contributed by atoms with Crippen molar-refractivity contribution in [3.05, 3.63) is 22.8 Å². The zero-order valence-corrected chi connectivity index (χ0v) is 13.3. The van der Waals surface area contributed by atoms with E-state index in [0.29, 0.717) is 6.04 Å². The summed E-state index contributed by atoms with van der Waals surface area (Å²) in [5.41, 5.74) is 1.11. The maximum absolute atomic E-state index is 6.19. The monoisotopic (exact) mass is 310 g/mol. The molecule has 1 unspecified atom stereocenters. The maximum Gasteiger partial charge on any atom is 0.128 e. The van der Waals surface area contributed by atoms with Gasteiger partial charge in [-0.15, -0.1) is 0 Å². The summed E-state index contributed by atoms with van der Waals surface area (Å²) in [6.45, 7) is 6.72. The molecular formula is C15H23ClN4O. The van der Waals surface area contributed by atoms with Gasteiger partial charge < -0.3 is 15.0 Å². The van der Waals surface area contributed by atoms with Gasteiger partial charge in [0.05, 0.1) is 18.2 Å². The Labute approximate surface area is 131 Å². The van der Waals surface area contributed by atoms with Crippen molar-refractivity contribution >= 4 is 17.4 Å². The lowest BCUT2D eigenvalue weighted by molar-refractivity contribution is 0.0209. The molecule has 1 aromatic heterocycles. The molecule has 0 radical (unpaired) electrons. The molecule has 0 saturated carbocycles. The predicted molar refractivity (Wildman–Crippen MR) is 85.0 cm³/mol. The van der Waals surface area contributed by atoms with E-state index in [-0.39, 0.29) is 0 Å². The normalized spacial score (nSPS) is 23.7. The summed E-state index contributed by atoms with van der Waals surface area (Å²) in [6.07, 6.45) is 2.97. The first-order valence-corrected chi connectivity index (χ1v) is 8.01. The van der Waals surface area contributed by atoms with Gasteiger partial charge in [0.1, 0.15) is 5.82 Å². The molecule has 116 valence electrons. The number of nitrogens with one attached hydrogen (secondary N) is 1. The van der Waals surface area contributed by atoms with Crippen LogP contribution in [-0.2, 0) is 11.3 Å². The van der Waals surface area contributed by atoms with Crippen LogP contribution in [-0.4, -0.2) is 62.4 Å². The van der Waals surface area contributed by atoms with Gasteiger partial charge in [0, 0.05) is 45.0 Å². The minimum Gasteiger partial charge on any atom is -0.379 e. The Morgan fingerprint density at radius 2 is 2.19 bits per heavy atom. The lowest BCUT2D eigenvalue weighted by atomic mass is 10.2. The van der Waals surface area contributed by atoms with Crippen LogP contribution in [0.1, 0.15) is 12.0 Å². The molecule has 1 atom stereocenters. The highest BCUT2D eigenvalue weighted by atomic mass is 35.5. The third kappa shape index (κ3) is 3.48. The van der Waals surface area contributed by atoms with E-state index in [0.717, 1.165) is 62.3 Å². The van der Waals surface area contributed by atoms with Crippen LogP contribution in [0.15, 0.2) is 12.3 Å². The number of halogens is 1. The maximum atomic E-state index is 6.19. The summed E-state index contributed by atoms with van der Waals surface area (Å²) < 4.78 is 5.44. The Hall–Kier alpha value is -0.880. The molecule has 2 fully saturated rings. The summed E-state index contributed by atoms with van der Waals surface area (Å²) >= 11 is 6.19. The second-order valence-electron chi connectivity index (χ2n) is 5.70. The summed E-state index contributed by atoms with van der Waals surface area (Å²) in [5.74, 6) is 1.04. The number of morpholine rings is 1. The third-order valence-electron chi connectivity index (χ3n) is 4.34. The minimum absolute atomic E-state index is 0.624. The molecule has 2 saturated heterocycles. The molecule has 2 aliphatic rings. The molecule has 21 heavy (non-hydrogen) atoms. The number of ether oxygens (including phenoxy) is 1. The fourth-order valence-corrected chi connectivity index (χ4v) is 3.33. The summed E-state index contributed by atoms with van der Waals surface area (Å²) in [7, 11) is 1.93. The summed E-state index contributed by atoms with van der Waals surface area (Å²) in [6, 6.07) is 2.74. The van der Waals surface area contributed by atoms with Gasteiger partial charge in [0.25, 0.3) is 0 Å². The summed E-state index contributed by atoms with van der Waals surface area (Å²) in [5, 5.41) is 3.88. The first-order valence-electron chi connectivity index (χ1n) is 7.63. The van der Waals surface area contributed by atoms with E-state index in [4.69, 9.17) is 16.3 Å². The Balaban J connectivity index is 1.66. The topological polar surface area (TPSA) is 40.6 Å². The molecule has 3 heterocycles. The first-order chi connectivity index (χ1) is 10.3. The lowest BCUT2D eigenvalue weighted by Gasteiger charge is -2.32. The molecule has 0 aliphatic carbocycles. The number of hydrogen-bond acceptors (Lipinski definition) is 5. The molecular weight excluding hydrogens is 288 g/mol. The van der Waals surface area contributed by atoms with E-state index in [2.05, 4.69) is 26.2 Å². The van der Waals surface area contributed by atoms with E-state index < -0.39 is 0 Å². The average Bonchev–Trinajstić information content (AvgIpc) is 3.00. The van der Waals surface area contributed by atoms with Gasteiger partial charge in [0.15, 0.2) is 0 Å². The number of pyridine rings is 1. The SMILES string of the molecule is CNCc1cc(N2CCC(N3CCOCC3)C2)ncc1Cl. The van der Waals surface area contributed by atoms with Gasteiger partial charge in [-0.3, -0.25) is 4.90 Å². The van der Waals surface area contributed by atoms with Crippen molar-refractivity contribution in [1.29, 1.82) is 0 Å². The molecule has 0 spiro atoms. The molecule has 6 heteroatoms. The minimum atomic E-state index is 0.624. The van der Waals surface area contributed by atoms with Gasteiger partial charge in [0.2, 0.25) is 0 Å². The smallest absolute Gasteiger partial charge is 0.128 e. The standard InChI is InChI=1S/C15H23ClN4O/c1-17-9-12-8-15(18-10-14(12)16)20-3-2-13(11-20)19-4-6-21-7-5-19/h8,10,13,17H,2-7,9,11H2,1H3. The van der Waals surface area contributed by atoms with Crippen molar-refractivity contribution in [1.82, 2.24) is 15.2 Å². The number of hydrogen-bond donors (Lipinski definition) is 1. The van der Waals surface area contributed by atoms with E-state index in [1.54, 1.807) is 6.20 Å². The van der Waals surface area contributed by atoms with Crippen LogP contribution in [0, 0.1) is 0 Å². The van der Waals surface area contributed by atoms with Gasteiger partial charge in [-0.05, 0) is 25.1 Å². The Kier molecular flexibility index (Phi) is 4.95. The van der Waals surface area contributed by atoms with E-state index in [1.807, 2.05) is 7.05 Å². The van der Waals surface area contributed by atoms with Gasteiger partial charge in [-0.25, -0.2) is 4.98 Å². The fraction of sp³-hybridized carbons (Fsp3) is 0.667. The third-order valence-corrected chi connectivity index (χ3v) is 4.68. The Bertz CT molecular complexity index is 479. The van der Waals surface area contributed by atoms with Gasteiger partial charge >= 0.3 is 0 Å². The number of anilines is 1. The molecule has 1 aromatic rings. The van der Waals surface area contributed by atoms with Crippen LogP contribution in [0.4, 0.5) is 5.82 Å². The van der Waals surface area contributed by atoms with Crippen molar-refractivity contribution in [3.63, 3.8) is 0 Å². The van der Waals surface area contributed by atoms with Gasteiger partial charge in [-0.2, -0.15) is 0 Å². The van der Waals surface area contributed by atoms with Crippen molar-refractivity contribution in [2.24, 2.45) is 0 Å². The van der Waals surface area contributed by atoms with Crippen molar-refractivity contribution < 1.29 is 4.74 Å². The van der Waals surface area contributed by atoms with Crippen LogP contribution in [0.5, 0.6) is 0 Å². The van der Waals surface area contributed by atoms with Crippen LogP contribution >= 0.6 is 11.6 Å². The van der Waals surface area contributed by atoms with Crippen molar-refractivity contribution in [2.45, 2.75) is 19.0 Å². The largest absolute Gasteiger partial charge is 0.379 e. The molecule has 0 aromatic carbocycles. The molecule has 0 amide bonds. The van der Waals surface area contributed by atoms with Crippen LogP contribution in [0.3, 0.4) is 0 Å². The van der Waals surface area contributed by atoms with E-state index in [9.17, 15) is 0 Å². The van der Waals surface area contributed by atoms with Crippen LogP contribution < -0.4 is 10.2 Å². The second-order valence-corrected chi connectivity index (χ2v) is 6.11. The molecule has 2 aliphatic heterocycles. The van der Waals surface area contributed by atoms with E-state index in [1.165, 1.54) is 6.42 Å². The first kappa shape index (κ1) is 15.0. The average molecular weight is 311 g/mol. The highest BCUT2D eigenvalue weighted by Crippen LogP contribution is 2.25. The number of aromatic nitrogens is 1. The van der Waals surface area contributed by atoms with Crippen molar-refractivity contribution in [3.8, 4) is 0 Å². The molecule has 3 rings (SSSR count). The van der Waals surface area contributed by atoms with Gasteiger partial charge in [-0.1, -0.05) is 11.6 Å². The number of rotatable bonds is 4. The molecule has 1 N–H and O–H groups in total. The van der Waals surface area contributed by atoms with Crippen molar-refractivity contribution in [2.75, 3.05) is 51.3 Å². The zero-order chi connectivity index (χ0) is 14.7. The molecule has 0 bridgehead atoms. The van der Waals surface area contributed by atoms with Crippen LogP contribution in [0.25, 0.3) is 0 Å². The predicted octanol–water partition coefficient (Wildman–Crippen LogP) is 1.37.